The molecular formula is C11H9N3O. The Morgan fingerprint density at radius 3 is 2.93 bits per heavy atom. The Bertz CT molecular complexity index is 511. The molecule has 0 aliphatic rings. The van der Waals surface area contributed by atoms with Crippen LogP contribution in [0.3, 0.4) is 0 Å². The van der Waals surface area contributed by atoms with Crippen molar-refractivity contribution < 1.29 is 4.74 Å². The number of ether oxygens (including phenoxy) is 1. The van der Waals surface area contributed by atoms with Crippen molar-refractivity contribution in [3.05, 3.63) is 42.2 Å². The highest BCUT2D eigenvalue weighted by atomic mass is 16.5. The van der Waals surface area contributed by atoms with E-state index in [-0.39, 0.29) is 0 Å². The third-order valence-electron chi connectivity index (χ3n) is 2.02. The van der Waals surface area contributed by atoms with Gasteiger partial charge in [-0.2, -0.15) is 10.4 Å². The van der Waals surface area contributed by atoms with Crippen LogP contribution in [0.1, 0.15) is 5.69 Å². The number of rotatable bonds is 2. The maximum atomic E-state index is 8.65. The molecule has 74 valence electrons. The second kappa shape index (κ2) is 3.84. The molecule has 0 N–H and O–H groups in total. The van der Waals surface area contributed by atoms with E-state index in [2.05, 4.69) is 5.10 Å². The standard InChI is InChI=1S/C11H9N3O/c1-15-11-4-2-3-10(7-11)14-6-5-9(8-12)13-14/h2-7H,1H3. The number of aromatic nitrogens is 2. The van der Waals surface area contributed by atoms with E-state index < -0.39 is 0 Å². The highest BCUT2D eigenvalue weighted by molar-refractivity contribution is 5.39. The van der Waals surface area contributed by atoms with Gasteiger partial charge in [0.15, 0.2) is 5.69 Å². The molecule has 0 saturated heterocycles. The summed E-state index contributed by atoms with van der Waals surface area (Å²) >= 11 is 0. The van der Waals surface area contributed by atoms with E-state index in [0.717, 1.165) is 11.4 Å². The maximum Gasteiger partial charge on any atom is 0.162 e. The van der Waals surface area contributed by atoms with Crippen molar-refractivity contribution in [2.75, 3.05) is 7.11 Å². The van der Waals surface area contributed by atoms with Gasteiger partial charge in [-0.15, -0.1) is 0 Å². The van der Waals surface area contributed by atoms with E-state index in [4.69, 9.17) is 10.00 Å². The molecule has 0 bridgehead atoms. The Hall–Kier alpha value is -2.28. The Morgan fingerprint density at radius 2 is 2.27 bits per heavy atom. The van der Waals surface area contributed by atoms with Gasteiger partial charge in [0.25, 0.3) is 0 Å². The number of benzene rings is 1. The third-order valence-corrected chi connectivity index (χ3v) is 2.02. The van der Waals surface area contributed by atoms with Gasteiger partial charge < -0.3 is 4.74 Å². The van der Waals surface area contributed by atoms with Crippen LogP contribution in [0.5, 0.6) is 5.75 Å². The van der Waals surface area contributed by atoms with Gasteiger partial charge in [0.1, 0.15) is 11.8 Å². The molecule has 2 aromatic rings. The molecule has 2 rings (SSSR count). The summed E-state index contributed by atoms with van der Waals surface area (Å²) in [5.41, 5.74) is 1.27. The van der Waals surface area contributed by atoms with Gasteiger partial charge in [-0.3, -0.25) is 0 Å². The van der Waals surface area contributed by atoms with Gasteiger partial charge in [-0.25, -0.2) is 4.68 Å². The topological polar surface area (TPSA) is 50.8 Å². The third kappa shape index (κ3) is 1.81. The van der Waals surface area contributed by atoms with Crippen LogP contribution in [-0.4, -0.2) is 16.9 Å². The summed E-state index contributed by atoms with van der Waals surface area (Å²) in [6.07, 6.45) is 1.74. The van der Waals surface area contributed by atoms with Crippen LogP contribution >= 0.6 is 0 Å². The molecule has 0 aliphatic heterocycles. The monoisotopic (exact) mass is 199 g/mol. The number of methoxy groups -OCH3 is 1. The van der Waals surface area contributed by atoms with E-state index in [9.17, 15) is 0 Å². The SMILES string of the molecule is COc1cccc(-n2ccc(C#N)n2)c1. The molecule has 0 amide bonds. The van der Waals surface area contributed by atoms with Gasteiger partial charge in [-0.05, 0) is 18.2 Å². The summed E-state index contributed by atoms with van der Waals surface area (Å²) < 4.78 is 6.74. The van der Waals surface area contributed by atoms with Crippen molar-refractivity contribution >= 4 is 0 Å². The maximum absolute atomic E-state index is 8.65. The van der Waals surface area contributed by atoms with Crippen molar-refractivity contribution in [3.63, 3.8) is 0 Å². The first-order valence-electron chi connectivity index (χ1n) is 4.43. The highest BCUT2D eigenvalue weighted by Crippen LogP contribution is 2.15. The lowest BCUT2D eigenvalue weighted by Gasteiger charge is -2.03. The average molecular weight is 199 g/mol. The molecule has 0 atom stereocenters. The Labute approximate surface area is 87.3 Å². The number of nitrogens with zero attached hydrogens (tertiary/aromatic N) is 3. The summed E-state index contributed by atoms with van der Waals surface area (Å²) in [6.45, 7) is 0. The van der Waals surface area contributed by atoms with Crippen molar-refractivity contribution in [1.29, 1.82) is 5.26 Å². The van der Waals surface area contributed by atoms with Crippen molar-refractivity contribution in [3.8, 4) is 17.5 Å². The number of nitriles is 1. The number of hydrogen-bond donors (Lipinski definition) is 0. The van der Waals surface area contributed by atoms with Gasteiger partial charge in [-0.1, -0.05) is 6.07 Å². The van der Waals surface area contributed by atoms with Crippen molar-refractivity contribution in [1.82, 2.24) is 9.78 Å². The lowest BCUT2D eigenvalue weighted by Crippen LogP contribution is -1.95. The normalized spacial score (nSPS) is 9.60. The van der Waals surface area contributed by atoms with Crippen LogP contribution < -0.4 is 4.74 Å². The molecule has 15 heavy (non-hydrogen) atoms. The summed E-state index contributed by atoms with van der Waals surface area (Å²) in [6, 6.07) is 11.1. The molecule has 0 radical (unpaired) electrons. The van der Waals surface area contributed by atoms with E-state index in [1.807, 2.05) is 30.3 Å². The first-order chi connectivity index (χ1) is 7.33. The molecule has 0 saturated carbocycles. The van der Waals surface area contributed by atoms with Crippen LogP contribution in [-0.2, 0) is 0 Å². The summed E-state index contributed by atoms with van der Waals surface area (Å²) in [4.78, 5) is 0. The van der Waals surface area contributed by atoms with Crippen LogP contribution in [0.4, 0.5) is 0 Å². The van der Waals surface area contributed by atoms with E-state index in [0.29, 0.717) is 5.69 Å². The fourth-order valence-corrected chi connectivity index (χ4v) is 1.28. The molecular weight excluding hydrogens is 190 g/mol. The zero-order valence-corrected chi connectivity index (χ0v) is 8.21. The second-order valence-electron chi connectivity index (χ2n) is 2.96. The van der Waals surface area contributed by atoms with Gasteiger partial charge >= 0.3 is 0 Å². The summed E-state index contributed by atoms with van der Waals surface area (Å²) in [5, 5.41) is 12.7. The largest absolute Gasteiger partial charge is 0.497 e. The molecule has 4 heteroatoms. The zero-order chi connectivity index (χ0) is 10.7. The predicted octanol–water partition coefficient (Wildman–Crippen LogP) is 1.75. The van der Waals surface area contributed by atoms with Crippen LogP contribution in [0.25, 0.3) is 5.69 Å². The minimum absolute atomic E-state index is 0.401. The second-order valence-corrected chi connectivity index (χ2v) is 2.96. The summed E-state index contributed by atoms with van der Waals surface area (Å²) in [7, 11) is 1.61. The molecule has 1 heterocycles. The van der Waals surface area contributed by atoms with Gasteiger partial charge in [0.2, 0.25) is 0 Å². The fraction of sp³-hybridized carbons (Fsp3) is 0.0909. The summed E-state index contributed by atoms with van der Waals surface area (Å²) in [5.74, 6) is 0.765. The quantitative estimate of drug-likeness (QED) is 0.740. The Balaban J connectivity index is 2.41. The van der Waals surface area contributed by atoms with Gasteiger partial charge in [0.05, 0.1) is 12.8 Å². The Kier molecular flexibility index (Phi) is 2.38. The fourth-order valence-electron chi connectivity index (χ4n) is 1.28. The van der Waals surface area contributed by atoms with E-state index in [1.165, 1.54) is 0 Å². The lowest BCUT2D eigenvalue weighted by molar-refractivity contribution is 0.414. The zero-order valence-electron chi connectivity index (χ0n) is 8.21. The Morgan fingerprint density at radius 1 is 1.40 bits per heavy atom. The molecule has 4 nitrogen and oxygen atoms in total. The smallest absolute Gasteiger partial charge is 0.162 e. The van der Waals surface area contributed by atoms with Gasteiger partial charge in [0, 0.05) is 12.3 Å². The minimum Gasteiger partial charge on any atom is -0.497 e. The van der Waals surface area contributed by atoms with Crippen LogP contribution in [0.2, 0.25) is 0 Å². The molecule has 0 spiro atoms. The molecule has 1 aromatic heterocycles. The molecule has 1 aromatic carbocycles. The lowest BCUT2D eigenvalue weighted by atomic mass is 10.3. The first-order valence-corrected chi connectivity index (χ1v) is 4.43. The van der Waals surface area contributed by atoms with Crippen molar-refractivity contribution in [2.24, 2.45) is 0 Å². The first kappa shape index (κ1) is 9.28. The van der Waals surface area contributed by atoms with Crippen molar-refractivity contribution in [2.45, 2.75) is 0 Å². The average Bonchev–Trinajstić information content (AvgIpc) is 2.78. The molecule has 0 fully saturated rings. The van der Waals surface area contributed by atoms with E-state index >= 15 is 0 Å². The highest BCUT2D eigenvalue weighted by Gasteiger charge is 2.00. The molecule has 0 aliphatic carbocycles. The van der Waals surface area contributed by atoms with Crippen LogP contribution in [0.15, 0.2) is 36.5 Å². The van der Waals surface area contributed by atoms with Crippen LogP contribution in [0, 0.1) is 11.3 Å². The minimum atomic E-state index is 0.401. The molecule has 0 unspecified atom stereocenters. The van der Waals surface area contributed by atoms with E-state index in [1.54, 1.807) is 24.1 Å². The predicted molar refractivity (Wildman–Crippen MR) is 54.8 cm³/mol. The number of hydrogen-bond acceptors (Lipinski definition) is 3.